The molecule has 3 aromatic rings. The number of methoxy groups -OCH3 is 1. The lowest BCUT2D eigenvalue weighted by atomic mass is 9.88. The Morgan fingerprint density at radius 2 is 1.88 bits per heavy atom. The van der Waals surface area contributed by atoms with Crippen LogP contribution in [0.15, 0.2) is 48.5 Å². The summed E-state index contributed by atoms with van der Waals surface area (Å²) in [5.74, 6) is -0.927. The Hall–Kier alpha value is -3.97. The lowest BCUT2D eigenvalue weighted by molar-refractivity contribution is -0.191. The number of halogens is 5. The van der Waals surface area contributed by atoms with Crippen molar-refractivity contribution in [3.63, 3.8) is 0 Å². The van der Waals surface area contributed by atoms with Crippen molar-refractivity contribution in [3.05, 3.63) is 71.2 Å². The zero-order chi connectivity index (χ0) is 29.6. The summed E-state index contributed by atoms with van der Waals surface area (Å²) in [5, 5.41) is 13.6. The molecule has 2 aliphatic rings. The number of carbonyl (C=O) groups excluding carboxylic acids is 1. The molecule has 1 fully saturated rings. The Morgan fingerprint density at radius 1 is 1.17 bits per heavy atom. The second-order valence-corrected chi connectivity index (χ2v) is 10.0. The topological polar surface area (TPSA) is 116 Å². The highest BCUT2D eigenvalue weighted by molar-refractivity contribution is 5.95. The smallest absolute Gasteiger partial charge is 0.414 e. The van der Waals surface area contributed by atoms with Gasteiger partial charge in [0.15, 0.2) is 28.4 Å². The van der Waals surface area contributed by atoms with Crippen LogP contribution in [0.5, 0.6) is 17.2 Å². The number of fused-ring (bicyclic) bond motifs is 1. The molecule has 0 bridgehead atoms. The van der Waals surface area contributed by atoms with Gasteiger partial charge in [-0.2, -0.15) is 13.2 Å². The van der Waals surface area contributed by atoms with Crippen LogP contribution in [0, 0.1) is 5.82 Å². The molecule has 2 aromatic carbocycles. The molecule has 8 nitrogen and oxygen atoms in total. The Balaban J connectivity index is 1.48. The van der Waals surface area contributed by atoms with E-state index in [0.717, 1.165) is 31.0 Å². The molecule has 13 heteroatoms. The average molecular weight is 580 g/mol. The van der Waals surface area contributed by atoms with Gasteiger partial charge < -0.3 is 30.4 Å². The number of hydrogen-bond acceptors (Lipinski definition) is 7. The number of amides is 1. The maximum atomic E-state index is 14.4. The van der Waals surface area contributed by atoms with Gasteiger partial charge in [0.1, 0.15) is 24.8 Å². The van der Waals surface area contributed by atoms with Crippen molar-refractivity contribution in [2.24, 2.45) is 5.73 Å². The fourth-order valence-corrected chi connectivity index (χ4v) is 4.36. The third-order valence-corrected chi connectivity index (χ3v) is 7.00. The highest BCUT2D eigenvalue weighted by atomic mass is 19.4. The number of aliphatic hydroxyl groups is 1. The Labute approximate surface area is 231 Å². The van der Waals surface area contributed by atoms with Gasteiger partial charge in [-0.05, 0) is 61.4 Å². The summed E-state index contributed by atoms with van der Waals surface area (Å²) in [6.45, 7) is -3.27. The van der Waals surface area contributed by atoms with Gasteiger partial charge in [-0.25, -0.2) is 13.8 Å². The fourth-order valence-electron chi connectivity index (χ4n) is 4.36. The minimum atomic E-state index is -4.98. The van der Waals surface area contributed by atoms with E-state index in [1.54, 1.807) is 6.07 Å². The first-order valence-electron chi connectivity index (χ1n) is 12.6. The average Bonchev–Trinajstić information content (AvgIpc) is 3.71. The SMILES string of the molecule is COc1cc(C(=O)NC[C@@](O)(CF)c2cc3c(c(-c4ccc(F)cc4)n2)OC[C@@]3(N)C(F)(F)F)ccc1OC1CC1. The number of nitrogens with two attached hydrogens (primary N) is 1. The molecule has 1 aliphatic carbocycles. The predicted molar refractivity (Wildman–Crippen MR) is 136 cm³/mol. The monoisotopic (exact) mass is 579 g/mol. The summed E-state index contributed by atoms with van der Waals surface area (Å²) < 4.78 is 86.4. The predicted octanol–water partition coefficient (Wildman–Crippen LogP) is 4.13. The third kappa shape index (κ3) is 5.38. The number of nitrogens with zero attached hydrogens (tertiary/aromatic N) is 1. The van der Waals surface area contributed by atoms with E-state index in [-0.39, 0.29) is 28.7 Å². The standard InChI is InChI=1S/C28H26F5N3O5/c1-39-21-10-16(4-9-20(21)41-18-7-8-18)25(37)35-13-26(38,12-29)22-11-19-24(40-14-27(19,34)28(31,32)33)23(36-22)15-2-5-17(30)6-3-15/h2-6,9-11,18,38H,7-8,12-14,34H2,1H3,(H,35,37)/t26-,27-/m0/s1. The van der Waals surface area contributed by atoms with E-state index in [9.17, 15) is 31.9 Å². The number of pyridine rings is 1. The van der Waals surface area contributed by atoms with Crippen molar-refractivity contribution in [1.29, 1.82) is 0 Å². The van der Waals surface area contributed by atoms with Crippen LogP contribution in [0.25, 0.3) is 11.3 Å². The largest absolute Gasteiger partial charge is 0.493 e. The maximum Gasteiger partial charge on any atom is 0.414 e. The first-order chi connectivity index (χ1) is 19.4. The molecule has 2 heterocycles. The molecule has 1 saturated carbocycles. The highest BCUT2D eigenvalue weighted by Crippen LogP contribution is 2.49. The van der Waals surface area contributed by atoms with E-state index >= 15 is 0 Å². The van der Waals surface area contributed by atoms with Gasteiger partial charge in [0.2, 0.25) is 0 Å². The first-order valence-corrected chi connectivity index (χ1v) is 12.6. The number of benzene rings is 2. The van der Waals surface area contributed by atoms with Crippen molar-refractivity contribution in [1.82, 2.24) is 10.3 Å². The number of alkyl halides is 4. The lowest BCUT2D eigenvalue weighted by Crippen LogP contribution is -2.52. The Bertz CT molecular complexity index is 1460. The quantitative estimate of drug-likeness (QED) is 0.327. The minimum absolute atomic E-state index is 0.0813. The molecule has 0 spiro atoms. The zero-order valence-electron chi connectivity index (χ0n) is 21.7. The van der Waals surface area contributed by atoms with Gasteiger partial charge in [0, 0.05) is 16.7 Å². The molecule has 0 unspecified atom stereocenters. The van der Waals surface area contributed by atoms with Gasteiger partial charge in [0.25, 0.3) is 5.91 Å². The van der Waals surface area contributed by atoms with Crippen molar-refractivity contribution >= 4 is 5.91 Å². The summed E-state index contributed by atoms with van der Waals surface area (Å²) in [7, 11) is 1.40. The Kier molecular flexibility index (Phi) is 7.28. The molecular weight excluding hydrogens is 553 g/mol. The fraction of sp³-hybridized carbons (Fsp3) is 0.357. The molecule has 218 valence electrons. The molecule has 41 heavy (non-hydrogen) atoms. The van der Waals surface area contributed by atoms with Crippen LogP contribution in [-0.4, -0.2) is 55.2 Å². The van der Waals surface area contributed by atoms with Crippen LogP contribution in [0.4, 0.5) is 22.0 Å². The summed E-state index contributed by atoms with van der Waals surface area (Å²) in [5.41, 5.74) is -0.888. The maximum absolute atomic E-state index is 14.4. The van der Waals surface area contributed by atoms with Crippen LogP contribution < -0.4 is 25.3 Å². The van der Waals surface area contributed by atoms with Crippen molar-refractivity contribution in [2.75, 3.05) is 26.9 Å². The van der Waals surface area contributed by atoms with E-state index in [2.05, 4.69) is 10.3 Å². The zero-order valence-corrected chi connectivity index (χ0v) is 21.7. The molecule has 0 radical (unpaired) electrons. The van der Waals surface area contributed by atoms with E-state index in [1.807, 2.05) is 0 Å². The number of ether oxygens (including phenoxy) is 3. The van der Waals surface area contributed by atoms with Crippen LogP contribution in [0.1, 0.15) is 34.5 Å². The van der Waals surface area contributed by atoms with Gasteiger partial charge >= 0.3 is 6.18 Å². The number of rotatable bonds is 9. The van der Waals surface area contributed by atoms with Crippen LogP contribution >= 0.6 is 0 Å². The van der Waals surface area contributed by atoms with Crippen LogP contribution in [0.3, 0.4) is 0 Å². The molecule has 4 N–H and O–H groups in total. The molecule has 2 atom stereocenters. The van der Waals surface area contributed by atoms with E-state index in [1.165, 1.54) is 31.4 Å². The molecule has 5 rings (SSSR count). The normalized spacial score (nSPS) is 19.6. The number of carbonyl (C=O) groups is 1. The highest BCUT2D eigenvalue weighted by Gasteiger charge is 2.59. The number of nitrogens with one attached hydrogen (secondary N) is 1. The van der Waals surface area contributed by atoms with Crippen LogP contribution in [-0.2, 0) is 11.1 Å². The van der Waals surface area contributed by atoms with Gasteiger partial charge in [0.05, 0.1) is 25.5 Å². The molecular formula is C28H26F5N3O5. The molecule has 1 aliphatic heterocycles. The first kappa shape index (κ1) is 28.6. The van der Waals surface area contributed by atoms with Gasteiger partial charge in [-0.1, -0.05) is 0 Å². The molecule has 1 amide bonds. The van der Waals surface area contributed by atoms with Gasteiger partial charge in [-0.3, -0.25) is 4.79 Å². The second kappa shape index (κ2) is 10.5. The van der Waals surface area contributed by atoms with E-state index in [0.29, 0.717) is 11.5 Å². The summed E-state index contributed by atoms with van der Waals surface area (Å²) >= 11 is 0. The summed E-state index contributed by atoms with van der Waals surface area (Å²) in [6, 6.07) is 9.83. The number of hydrogen-bond donors (Lipinski definition) is 3. The van der Waals surface area contributed by atoms with Crippen molar-refractivity contribution in [3.8, 4) is 28.5 Å². The summed E-state index contributed by atoms with van der Waals surface area (Å²) in [4.78, 5) is 17.1. The van der Waals surface area contributed by atoms with Crippen LogP contribution in [0.2, 0.25) is 0 Å². The third-order valence-electron chi connectivity index (χ3n) is 7.00. The molecule has 1 aromatic heterocycles. The van der Waals surface area contributed by atoms with E-state index in [4.69, 9.17) is 19.9 Å². The lowest BCUT2D eigenvalue weighted by Gasteiger charge is -2.29. The second-order valence-electron chi connectivity index (χ2n) is 10.0. The van der Waals surface area contributed by atoms with Gasteiger partial charge in [-0.15, -0.1) is 0 Å². The molecule has 0 saturated heterocycles. The number of aromatic nitrogens is 1. The Morgan fingerprint density at radius 3 is 2.49 bits per heavy atom. The van der Waals surface area contributed by atoms with Crippen molar-refractivity contribution in [2.45, 2.75) is 36.3 Å². The van der Waals surface area contributed by atoms with E-state index < -0.39 is 60.1 Å². The summed E-state index contributed by atoms with van der Waals surface area (Å²) in [6.07, 6.45) is -3.08. The van der Waals surface area contributed by atoms with Crippen molar-refractivity contribution < 1.29 is 46.1 Å². The minimum Gasteiger partial charge on any atom is -0.493 e.